The Bertz CT molecular complexity index is 989. The molecule has 0 aromatic heterocycles. The van der Waals surface area contributed by atoms with Crippen molar-refractivity contribution in [3.05, 3.63) is 80.5 Å². The number of hydrogen-bond acceptors (Lipinski definition) is 6. The molecule has 0 spiro atoms. The molecule has 2 aromatic carbocycles. The van der Waals surface area contributed by atoms with E-state index in [4.69, 9.17) is 11.6 Å². The largest absolute Gasteiger partial charge is 0.550 e. The summed E-state index contributed by atoms with van der Waals surface area (Å²) in [6, 6.07) is 11.6. The van der Waals surface area contributed by atoms with Crippen LogP contribution in [0.25, 0.3) is 6.08 Å². The van der Waals surface area contributed by atoms with Gasteiger partial charge in [-0.2, -0.15) is 0 Å². The van der Waals surface area contributed by atoms with Crippen molar-refractivity contribution in [2.45, 2.75) is 6.42 Å². The number of aliphatic carboxylic acids is 1. The summed E-state index contributed by atoms with van der Waals surface area (Å²) >= 11 is 5.99. The molecule has 0 aliphatic rings. The van der Waals surface area contributed by atoms with Crippen molar-refractivity contribution in [3.8, 4) is 0 Å². The number of carbonyl (C=O) groups excluding carboxylic acids is 3. The highest BCUT2D eigenvalue weighted by atomic mass is 35.5. The lowest BCUT2D eigenvalue weighted by molar-refractivity contribution is -0.384. The van der Waals surface area contributed by atoms with Crippen molar-refractivity contribution in [1.82, 2.24) is 10.6 Å². The van der Waals surface area contributed by atoms with Crippen LogP contribution in [-0.2, 0) is 9.59 Å². The van der Waals surface area contributed by atoms with E-state index in [0.717, 1.165) is 0 Å². The van der Waals surface area contributed by atoms with Crippen LogP contribution >= 0.6 is 11.6 Å². The zero-order chi connectivity index (χ0) is 21.4. The minimum Gasteiger partial charge on any atom is -0.550 e. The highest BCUT2D eigenvalue weighted by Crippen LogP contribution is 2.17. The number of nitrogens with zero attached hydrogens (tertiary/aromatic N) is 1. The summed E-state index contributed by atoms with van der Waals surface area (Å²) in [5, 5.41) is 26.4. The van der Waals surface area contributed by atoms with Gasteiger partial charge < -0.3 is 20.5 Å². The van der Waals surface area contributed by atoms with Gasteiger partial charge in [0.15, 0.2) is 0 Å². The Labute approximate surface area is 170 Å². The Morgan fingerprint density at radius 3 is 2.48 bits per heavy atom. The first-order valence-electron chi connectivity index (χ1n) is 8.28. The van der Waals surface area contributed by atoms with Crippen LogP contribution in [-0.4, -0.2) is 29.3 Å². The van der Waals surface area contributed by atoms with Crippen LogP contribution in [0.1, 0.15) is 22.3 Å². The first kappa shape index (κ1) is 21.6. The number of carboxylic acid groups (broad SMARTS) is 1. The fraction of sp³-hybridized carbons (Fsp3) is 0.105. The smallest absolute Gasteiger partial charge is 0.270 e. The van der Waals surface area contributed by atoms with Crippen LogP contribution < -0.4 is 15.7 Å². The van der Waals surface area contributed by atoms with Gasteiger partial charge >= 0.3 is 0 Å². The Hall–Kier alpha value is -3.72. The fourth-order valence-electron chi connectivity index (χ4n) is 2.26. The monoisotopic (exact) mass is 416 g/mol. The van der Waals surface area contributed by atoms with Gasteiger partial charge in [-0.1, -0.05) is 35.9 Å². The normalized spacial score (nSPS) is 10.9. The number of nitro benzene ring substituents is 1. The Kier molecular flexibility index (Phi) is 7.44. The molecule has 0 aliphatic heterocycles. The van der Waals surface area contributed by atoms with Gasteiger partial charge in [-0.05, 0) is 23.8 Å². The molecule has 0 bridgehead atoms. The van der Waals surface area contributed by atoms with Gasteiger partial charge in [0.05, 0.1) is 15.5 Å². The zero-order valence-electron chi connectivity index (χ0n) is 14.9. The summed E-state index contributed by atoms with van der Waals surface area (Å²) in [5.41, 5.74) is -0.0491. The second-order valence-corrected chi connectivity index (χ2v) is 6.13. The minimum absolute atomic E-state index is 0.113. The zero-order valence-corrected chi connectivity index (χ0v) is 15.6. The van der Waals surface area contributed by atoms with Gasteiger partial charge in [-0.25, -0.2) is 0 Å². The molecule has 2 rings (SSSR count). The van der Waals surface area contributed by atoms with Crippen molar-refractivity contribution < 1.29 is 24.4 Å². The molecule has 0 heterocycles. The molecule has 2 amide bonds. The van der Waals surface area contributed by atoms with Crippen molar-refractivity contribution in [2.75, 3.05) is 6.54 Å². The molecule has 2 N–H and O–H groups in total. The Morgan fingerprint density at radius 1 is 1.10 bits per heavy atom. The molecule has 150 valence electrons. The maximum atomic E-state index is 12.5. The van der Waals surface area contributed by atoms with Gasteiger partial charge in [-0.3, -0.25) is 19.7 Å². The minimum atomic E-state index is -1.35. The number of hydrogen-bond donors (Lipinski definition) is 2. The van der Waals surface area contributed by atoms with E-state index in [9.17, 15) is 29.6 Å². The first-order chi connectivity index (χ1) is 13.8. The van der Waals surface area contributed by atoms with E-state index >= 15 is 0 Å². The standard InChI is InChI=1S/C19H16ClN3O6/c20-15-7-2-1-6-14(15)18(26)22-16(19(27)21-9-8-17(24)25)11-12-4-3-5-13(10-12)23(28)29/h1-7,10-11H,8-9H2,(H,21,27)(H,22,26)(H,24,25)/p-1/b16-11+. The lowest BCUT2D eigenvalue weighted by Gasteiger charge is -2.12. The number of halogens is 1. The van der Waals surface area contributed by atoms with Crippen LogP contribution in [0.15, 0.2) is 54.2 Å². The number of nitro groups is 1. The number of nitrogens with one attached hydrogen (secondary N) is 2. The predicted molar refractivity (Wildman–Crippen MR) is 103 cm³/mol. The van der Waals surface area contributed by atoms with Crippen LogP contribution in [0.2, 0.25) is 5.02 Å². The van der Waals surface area contributed by atoms with E-state index in [-0.39, 0.29) is 34.1 Å². The summed E-state index contributed by atoms with van der Waals surface area (Å²) in [7, 11) is 0. The van der Waals surface area contributed by atoms with E-state index in [1.807, 2.05) is 0 Å². The van der Waals surface area contributed by atoms with Crippen molar-refractivity contribution in [3.63, 3.8) is 0 Å². The number of carboxylic acids is 1. The maximum absolute atomic E-state index is 12.5. The van der Waals surface area contributed by atoms with E-state index in [2.05, 4.69) is 10.6 Å². The highest BCUT2D eigenvalue weighted by Gasteiger charge is 2.17. The van der Waals surface area contributed by atoms with Crippen molar-refractivity contribution in [2.24, 2.45) is 0 Å². The van der Waals surface area contributed by atoms with E-state index in [1.54, 1.807) is 12.1 Å². The maximum Gasteiger partial charge on any atom is 0.270 e. The molecule has 0 atom stereocenters. The third kappa shape index (κ3) is 6.43. The number of amides is 2. The topological polar surface area (TPSA) is 141 Å². The van der Waals surface area contributed by atoms with E-state index < -0.39 is 29.1 Å². The number of benzene rings is 2. The highest BCUT2D eigenvalue weighted by molar-refractivity contribution is 6.34. The lowest BCUT2D eigenvalue weighted by Crippen LogP contribution is -2.37. The first-order valence-corrected chi connectivity index (χ1v) is 8.66. The van der Waals surface area contributed by atoms with Gasteiger partial charge in [-0.15, -0.1) is 0 Å². The molecule has 0 saturated heterocycles. The van der Waals surface area contributed by atoms with Crippen LogP contribution in [0, 0.1) is 10.1 Å². The molecular formula is C19H15ClN3O6-. The Balaban J connectivity index is 2.32. The van der Waals surface area contributed by atoms with Crippen LogP contribution in [0.3, 0.4) is 0 Å². The van der Waals surface area contributed by atoms with Gasteiger partial charge in [0, 0.05) is 31.1 Å². The SMILES string of the molecule is O=C([O-])CCNC(=O)/C(=C\c1cccc([N+](=O)[O-])c1)NC(=O)c1ccccc1Cl. The summed E-state index contributed by atoms with van der Waals surface area (Å²) in [4.78, 5) is 45.8. The molecule has 10 heteroatoms. The van der Waals surface area contributed by atoms with E-state index in [1.165, 1.54) is 42.5 Å². The molecule has 29 heavy (non-hydrogen) atoms. The molecular weight excluding hydrogens is 402 g/mol. The summed E-state index contributed by atoms with van der Waals surface area (Å²) < 4.78 is 0. The van der Waals surface area contributed by atoms with Gasteiger partial charge in [0.25, 0.3) is 17.5 Å². The molecule has 0 unspecified atom stereocenters. The molecule has 2 aromatic rings. The fourth-order valence-corrected chi connectivity index (χ4v) is 2.48. The molecule has 0 saturated carbocycles. The number of carbonyl (C=O) groups is 3. The third-order valence-corrected chi connectivity index (χ3v) is 3.95. The third-order valence-electron chi connectivity index (χ3n) is 3.62. The quantitative estimate of drug-likeness (QED) is 0.377. The molecule has 0 fully saturated rings. The Morgan fingerprint density at radius 2 is 1.83 bits per heavy atom. The van der Waals surface area contributed by atoms with Crippen LogP contribution in [0.5, 0.6) is 0 Å². The molecule has 0 radical (unpaired) electrons. The summed E-state index contributed by atoms with van der Waals surface area (Å²) in [6.07, 6.45) is 0.810. The van der Waals surface area contributed by atoms with Crippen LogP contribution in [0.4, 0.5) is 5.69 Å². The molecule has 9 nitrogen and oxygen atoms in total. The second kappa shape index (κ2) is 10.00. The predicted octanol–water partition coefficient (Wildman–Crippen LogP) is 1.28. The van der Waals surface area contributed by atoms with Gasteiger partial charge in [0.2, 0.25) is 0 Å². The van der Waals surface area contributed by atoms with Crippen molar-refractivity contribution in [1.29, 1.82) is 0 Å². The average molecular weight is 417 g/mol. The summed E-state index contributed by atoms with van der Waals surface area (Å²) in [5.74, 6) is -2.81. The average Bonchev–Trinajstić information content (AvgIpc) is 2.67. The summed E-state index contributed by atoms with van der Waals surface area (Å²) in [6.45, 7) is -0.227. The molecule has 0 aliphatic carbocycles. The lowest BCUT2D eigenvalue weighted by atomic mass is 10.1. The van der Waals surface area contributed by atoms with Crippen molar-refractivity contribution >= 4 is 41.1 Å². The van der Waals surface area contributed by atoms with E-state index in [0.29, 0.717) is 0 Å². The number of non-ortho nitro benzene ring substituents is 1. The second-order valence-electron chi connectivity index (χ2n) is 5.72. The number of rotatable bonds is 8. The van der Waals surface area contributed by atoms with Gasteiger partial charge in [0.1, 0.15) is 5.70 Å².